The van der Waals surface area contributed by atoms with Crippen molar-refractivity contribution in [2.75, 3.05) is 32.0 Å². The zero-order valence-corrected chi connectivity index (χ0v) is 11.0. The maximum atomic E-state index is 13.9. The molecule has 4 nitrogen and oxygen atoms in total. The number of thioether (sulfide) groups is 1. The van der Waals surface area contributed by atoms with E-state index in [1.54, 1.807) is 12.1 Å². The number of rotatable bonds is 3. The number of amides is 1. The highest BCUT2D eigenvalue weighted by Gasteiger charge is 2.44. The van der Waals surface area contributed by atoms with Gasteiger partial charge in [-0.1, -0.05) is 12.1 Å². The smallest absolute Gasteiger partial charge is 0.375 e. The molecule has 1 aliphatic rings. The first-order valence-corrected chi connectivity index (χ1v) is 6.61. The molecule has 2 N–H and O–H groups in total. The standard InChI is InChI=1S/C12H14F2N2O2S/c13-12(14,11(17)16-5-7-18-8-6-16)19-10-4-2-1-3-9(10)15/h1-4H,5-8,15H2. The van der Waals surface area contributed by atoms with Gasteiger partial charge in [-0.3, -0.25) is 4.79 Å². The molecule has 7 heteroatoms. The van der Waals surface area contributed by atoms with E-state index in [1.165, 1.54) is 12.1 Å². The Labute approximate surface area is 113 Å². The average molecular weight is 288 g/mol. The van der Waals surface area contributed by atoms with Crippen molar-refractivity contribution in [2.24, 2.45) is 0 Å². The summed E-state index contributed by atoms with van der Waals surface area (Å²) in [5.74, 6) is -1.19. The average Bonchev–Trinajstić information content (AvgIpc) is 2.41. The SMILES string of the molecule is Nc1ccccc1SC(F)(F)C(=O)N1CCOCC1. The van der Waals surface area contributed by atoms with E-state index in [1.807, 2.05) is 0 Å². The highest BCUT2D eigenvalue weighted by molar-refractivity contribution is 8.01. The van der Waals surface area contributed by atoms with Gasteiger partial charge in [-0.2, -0.15) is 8.78 Å². The first-order valence-electron chi connectivity index (χ1n) is 5.79. The van der Waals surface area contributed by atoms with E-state index in [0.717, 1.165) is 4.90 Å². The van der Waals surface area contributed by atoms with Crippen molar-refractivity contribution < 1.29 is 18.3 Å². The molecule has 1 saturated heterocycles. The van der Waals surface area contributed by atoms with Crippen LogP contribution in [0.1, 0.15) is 0 Å². The van der Waals surface area contributed by atoms with Gasteiger partial charge in [0, 0.05) is 23.7 Å². The predicted molar refractivity (Wildman–Crippen MR) is 69.1 cm³/mol. The molecule has 0 spiro atoms. The number of nitrogen functional groups attached to an aromatic ring is 1. The number of carbonyl (C=O) groups is 1. The van der Waals surface area contributed by atoms with Gasteiger partial charge in [-0.05, 0) is 23.9 Å². The second-order valence-corrected chi connectivity index (χ2v) is 5.22. The van der Waals surface area contributed by atoms with Crippen LogP contribution in [0.15, 0.2) is 29.2 Å². The lowest BCUT2D eigenvalue weighted by molar-refractivity contribution is -0.150. The summed E-state index contributed by atoms with van der Waals surface area (Å²) in [6, 6.07) is 6.26. The molecule has 0 unspecified atom stereocenters. The highest BCUT2D eigenvalue weighted by Crippen LogP contribution is 2.39. The van der Waals surface area contributed by atoms with Gasteiger partial charge in [0.1, 0.15) is 0 Å². The Hall–Kier alpha value is -1.34. The Kier molecular flexibility index (Phi) is 4.26. The molecule has 1 aromatic rings. The first-order chi connectivity index (χ1) is 9.00. The Bertz CT molecular complexity index is 465. The fourth-order valence-electron chi connectivity index (χ4n) is 1.71. The summed E-state index contributed by atoms with van der Waals surface area (Å²) in [5.41, 5.74) is 5.85. The molecule has 1 aromatic carbocycles. The minimum absolute atomic E-state index is 0.184. The van der Waals surface area contributed by atoms with E-state index in [-0.39, 0.29) is 35.4 Å². The molecule has 0 aromatic heterocycles. The lowest BCUT2D eigenvalue weighted by Gasteiger charge is -2.29. The number of nitrogens with two attached hydrogens (primary N) is 1. The van der Waals surface area contributed by atoms with E-state index in [2.05, 4.69) is 0 Å². The van der Waals surface area contributed by atoms with Crippen LogP contribution < -0.4 is 5.73 Å². The van der Waals surface area contributed by atoms with Crippen molar-refractivity contribution in [3.05, 3.63) is 24.3 Å². The van der Waals surface area contributed by atoms with E-state index in [9.17, 15) is 13.6 Å². The number of nitrogens with zero attached hydrogens (tertiary/aromatic N) is 1. The van der Waals surface area contributed by atoms with Crippen LogP contribution in [-0.4, -0.2) is 42.4 Å². The van der Waals surface area contributed by atoms with E-state index >= 15 is 0 Å². The number of ether oxygens (including phenoxy) is 1. The van der Waals surface area contributed by atoms with Crippen molar-refractivity contribution >= 4 is 23.4 Å². The summed E-state index contributed by atoms with van der Waals surface area (Å²) in [7, 11) is 0. The summed E-state index contributed by atoms with van der Waals surface area (Å²) >= 11 is 0.184. The number of benzene rings is 1. The van der Waals surface area contributed by atoms with Crippen molar-refractivity contribution in [3.8, 4) is 0 Å². The molecule has 1 aliphatic heterocycles. The Balaban J connectivity index is 2.08. The summed E-state index contributed by atoms with van der Waals surface area (Å²) < 4.78 is 32.9. The maximum Gasteiger partial charge on any atom is 0.375 e. The van der Waals surface area contributed by atoms with Gasteiger partial charge < -0.3 is 15.4 Å². The second kappa shape index (κ2) is 5.75. The predicted octanol–water partition coefficient (Wildman–Crippen LogP) is 1.81. The van der Waals surface area contributed by atoms with Crippen LogP contribution in [0, 0.1) is 0 Å². The number of hydrogen-bond donors (Lipinski definition) is 1. The molecule has 2 rings (SSSR count). The second-order valence-electron chi connectivity index (χ2n) is 4.06. The van der Waals surface area contributed by atoms with Crippen LogP contribution in [0.4, 0.5) is 14.5 Å². The quantitative estimate of drug-likeness (QED) is 0.681. The van der Waals surface area contributed by atoms with Gasteiger partial charge in [-0.25, -0.2) is 0 Å². The number of anilines is 1. The molecular formula is C12H14F2N2O2S. The van der Waals surface area contributed by atoms with Gasteiger partial charge in [0.2, 0.25) is 0 Å². The van der Waals surface area contributed by atoms with Crippen LogP contribution in [0.2, 0.25) is 0 Å². The van der Waals surface area contributed by atoms with Crippen LogP contribution in [-0.2, 0) is 9.53 Å². The monoisotopic (exact) mass is 288 g/mol. The third kappa shape index (κ3) is 3.36. The molecular weight excluding hydrogens is 274 g/mol. The van der Waals surface area contributed by atoms with E-state index in [0.29, 0.717) is 13.2 Å². The maximum absolute atomic E-state index is 13.9. The highest BCUT2D eigenvalue weighted by atomic mass is 32.2. The van der Waals surface area contributed by atoms with Crippen LogP contribution >= 0.6 is 11.8 Å². The van der Waals surface area contributed by atoms with Crippen LogP contribution in [0.3, 0.4) is 0 Å². The van der Waals surface area contributed by atoms with Gasteiger partial charge in [0.15, 0.2) is 0 Å². The molecule has 1 amide bonds. The lowest BCUT2D eigenvalue weighted by Crippen LogP contribution is -2.47. The third-order valence-electron chi connectivity index (χ3n) is 2.70. The minimum Gasteiger partial charge on any atom is -0.398 e. The molecule has 0 aliphatic carbocycles. The van der Waals surface area contributed by atoms with Gasteiger partial charge in [0.05, 0.1) is 13.2 Å². The molecule has 0 bridgehead atoms. The summed E-state index contributed by atoms with van der Waals surface area (Å²) in [4.78, 5) is 13.1. The molecule has 0 saturated carbocycles. The van der Waals surface area contributed by atoms with Crippen molar-refractivity contribution in [3.63, 3.8) is 0 Å². The Morgan fingerprint density at radius 1 is 1.32 bits per heavy atom. The fraction of sp³-hybridized carbons (Fsp3) is 0.417. The Morgan fingerprint density at radius 3 is 2.58 bits per heavy atom. The van der Waals surface area contributed by atoms with Crippen LogP contribution in [0.5, 0.6) is 0 Å². The number of halogens is 2. The summed E-state index contributed by atoms with van der Waals surface area (Å²) in [5, 5.41) is -3.52. The zero-order valence-electron chi connectivity index (χ0n) is 10.1. The van der Waals surface area contributed by atoms with Gasteiger partial charge >= 0.3 is 11.2 Å². The van der Waals surface area contributed by atoms with Crippen molar-refractivity contribution in [2.45, 2.75) is 10.2 Å². The third-order valence-corrected chi connectivity index (χ3v) is 3.73. The minimum atomic E-state index is -3.52. The largest absolute Gasteiger partial charge is 0.398 e. The molecule has 0 atom stereocenters. The summed E-state index contributed by atoms with van der Waals surface area (Å²) in [6.07, 6.45) is 0. The van der Waals surface area contributed by atoms with Gasteiger partial charge in [-0.15, -0.1) is 0 Å². The number of alkyl halides is 2. The van der Waals surface area contributed by atoms with Gasteiger partial charge in [0.25, 0.3) is 0 Å². The molecule has 1 heterocycles. The van der Waals surface area contributed by atoms with E-state index < -0.39 is 11.2 Å². The number of para-hydroxylation sites is 1. The molecule has 19 heavy (non-hydrogen) atoms. The number of hydrogen-bond acceptors (Lipinski definition) is 4. The van der Waals surface area contributed by atoms with Crippen molar-refractivity contribution in [1.82, 2.24) is 4.90 Å². The lowest BCUT2D eigenvalue weighted by atomic mass is 10.3. The normalized spacial score (nSPS) is 16.4. The molecule has 0 radical (unpaired) electrons. The Morgan fingerprint density at radius 2 is 1.95 bits per heavy atom. The summed E-state index contributed by atoms with van der Waals surface area (Å²) in [6.45, 7) is 0.971. The van der Waals surface area contributed by atoms with Crippen LogP contribution in [0.25, 0.3) is 0 Å². The zero-order chi connectivity index (χ0) is 13.9. The molecule has 1 fully saturated rings. The number of carbonyl (C=O) groups excluding carboxylic acids is 1. The topological polar surface area (TPSA) is 55.6 Å². The fourth-order valence-corrected chi connectivity index (χ4v) is 2.53. The first kappa shape index (κ1) is 14.1. The van der Waals surface area contributed by atoms with Crippen molar-refractivity contribution in [1.29, 1.82) is 0 Å². The number of morpholine rings is 1. The van der Waals surface area contributed by atoms with E-state index in [4.69, 9.17) is 10.5 Å². The molecule has 104 valence electrons.